The van der Waals surface area contributed by atoms with Gasteiger partial charge < -0.3 is 0 Å². The first-order valence-corrected chi connectivity index (χ1v) is 8.75. The first kappa shape index (κ1) is 14.8. The fourth-order valence-electron chi connectivity index (χ4n) is 2.46. The van der Waals surface area contributed by atoms with E-state index in [1.807, 2.05) is 30.3 Å². The third kappa shape index (κ3) is 4.20. The van der Waals surface area contributed by atoms with E-state index in [-0.39, 0.29) is 17.2 Å². The van der Waals surface area contributed by atoms with Gasteiger partial charge in [0.05, 0.1) is 10.6 Å². The molecule has 1 unspecified atom stereocenters. The SMILES string of the molecule is O=S(=O)(NCC(Cl)c1ccccc1)C1CCCCC1. The van der Waals surface area contributed by atoms with Crippen LogP contribution in [-0.4, -0.2) is 20.2 Å². The van der Waals surface area contributed by atoms with Crippen LogP contribution in [0.15, 0.2) is 30.3 Å². The van der Waals surface area contributed by atoms with Gasteiger partial charge >= 0.3 is 0 Å². The molecule has 3 nitrogen and oxygen atoms in total. The number of sulfonamides is 1. The Morgan fingerprint density at radius 2 is 1.79 bits per heavy atom. The summed E-state index contributed by atoms with van der Waals surface area (Å²) in [6.07, 6.45) is 4.71. The second-order valence-electron chi connectivity index (χ2n) is 5.03. The maximum absolute atomic E-state index is 12.2. The lowest BCUT2D eigenvalue weighted by molar-refractivity contribution is 0.477. The van der Waals surface area contributed by atoms with Crippen LogP contribution in [-0.2, 0) is 10.0 Å². The Labute approximate surface area is 120 Å². The second kappa shape index (κ2) is 6.73. The third-order valence-corrected chi connectivity index (χ3v) is 5.94. The van der Waals surface area contributed by atoms with Crippen LogP contribution in [0.3, 0.4) is 0 Å². The molecule has 1 aromatic rings. The van der Waals surface area contributed by atoms with Crippen LogP contribution in [0.5, 0.6) is 0 Å². The van der Waals surface area contributed by atoms with Gasteiger partial charge in [-0.2, -0.15) is 0 Å². The van der Waals surface area contributed by atoms with Crippen molar-refractivity contribution in [2.24, 2.45) is 0 Å². The van der Waals surface area contributed by atoms with Crippen LogP contribution >= 0.6 is 11.6 Å². The van der Waals surface area contributed by atoms with E-state index in [9.17, 15) is 8.42 Å². The molecule has 1 aliphatic rings. The van der Waals surface area contributed by atoms with E-state index in [4.69, 9.17) is 11.6 Å². The summed E-state index contributed by atoms with van der Waals surface area (Å²) < 4.78 is 27.0. The molecule has 0 aliphatic heterocycles. The molecule has 0 heterocycles. The zero-order chi connectivity index (χ0) is 13.7. The van der Waals surface area contributed by atoms with Crippen molar-refractivity contribution >= 4 is 21.6 Å². The highest BCUT2D eigenvalue weighted by Crippen LogP contribution is 2.24. The number of hydrogen-bond donors (Lipinski definition) is 1. The molecule has 2 rings (SSSR count). The van der Waals surface area contributed by atoms with Gasteiger partial charge in [-0.3, -0.25) is 0 Å². The number of nitrogens with one attached hydrogen (secondary N) is 1. The van der Waals surface area contributed by atoms with Crippen molar-refractivity contribution < 1.29 is 8.42 Å². The average Bonchev–Trinajstić information content (AvgIpc) is 2.47. The molecule has 1 aliphatic carbocycles. The van der Waals surface area contributed by atoms with E-state index in [2.05, 4.69) is 4.72 Å². The minimum atomic E-state index is -3.22. The molecule has 1 atom stereocenters. The van der Waals surface area contributed by atoms with E-state index < -0.39 is 10.0 Å². The second-order valence-corrected chi connectivity index (χ2v) is 7.60. The maximum Gasteiger partial charge on any atom is 0.214 e. The minimum Gasteiger partial charge on any atom is -0.213 e. The Bertz CT molecular complexity index is 483. The van der Waals surface area contributed by atoms with Crippen molar-refractivity contribution in [3.8, 4) is 0 Å². The van der Waals surface area contributed by atoms with E-state index >= 15 is 0 Å². The van der Waals surface area contributed by atoms with Gasteiger partial charge in [0.2, 0.25) is 10.0 Å². The van der Waals surface area contributed by atoms with Crippen LogP contribution in [0.1, 0.15) is 43.0 Å². The predicted octanol–water partition coefficient (Wildman–Crippen LogP) is 3.22. The summed E-state index contributed by atoms with van der Waals surface area (Å²) in [5.74, 6) is 0. The summed E-state index contributed by atoms with van der Waals surface area (Å²) in [5.41, 5.74) is 0.940. The van der Waals surface area contributed by atoms with Crippen molar-refractivity contribution in [2.45, 2.75) is 42.7 Å². The Hall–Kier alpha value is -0.580. The number of alkyl halides is 1. The summed E-state index contributed by atoms with van der Waals surface area (Å²) in [4.78, 5) is 0. The van der Waals surface area contributed by atoms with Gasteiger partial charge in [-0.1, -0.05) is 49.6 Å². The predicted molar refractivity (Wildman–Crippen MR) is 78.8 cm³/mol. The standard InChI is InChI=1S/C14H20ClNO2S/c15-14(12-7-3-1-4-8-12)11-16-19(17,18)13-9-5-2-6-10-13/h1,3-4,7-8,13-14,16H,2,5-6,9-11H2. The molecule has 0 spiro atoms. The van der Waals surface area contributed by atoms with Gasteiger partial charge in [-0.25, -0.2) is 13.1 Å². The van der Waals surface area contributed by atoms with Crippen LogP contribution in [0.25, 0.3) is 0 Å². The molecule has 19 heavy (non-hydrogen) atoms. The molecular formula is C14H20ClNO2S. The highest BCUT2D eigenvalue weighted by atomic mass is 35.5. The van der Waals surface area contributed by atoms with Crippen LogP contribution in [0.2, 0.25) is 0 Å². The molecule has 1 saturated carbocycles. The molecule has 0 bridgehead atoms. The normalized spacial score (nSPS) is 19.2. The van der Waals surface area contributed by atoms with Crippen LogP contribution in [0, 0.1) is 0 Å². The van der Waals surface area contributed by atoms with Crippen molar-refractivity contribution in [1.82, 2.24) is 4.72 Å². The largest absolute Gasteiger partial charge is 0.214 e. The van der Waals surface area contributed by atoms with Gasteiger partial charge in [-0.05, 0) is 18.4 Å². The zero-order valence-corrected chi connectivity index (χ0v) is 12.5. The van der Waals surface area contributed by atoms with Crippen molar-refractivity contribution in [1.29, 1.82) is 0 Å². The van der Waals surface area contributed by atoms with Gasteiger partial charge in [-0.15, -0.1) is 11.6 Å². The summed E-state index contributed by atoms with van der Waals surface area (Å²) in [7, 11) is -3.22. The van der Waals surface area contributed by atoms with Crippen molar-refractivity contribution in [2.75, 3.05) is 6.54 Å². The summed E-state index contributed by atoms with van der Waals surface area (Å²) in [6, 6.07) is 9.54. The number of benzene rings is 1. The average molecular weight is 302 g/mol. The minimum absolute atomic E-state index is 0.235. The summed E-state index contributed by atoms with van der Waals surface area (Å²) in [5, 5.41) is -0.555. The first-order valence-electron chi connectivity index (χ1n) is 6.77. The van der Waals surface area contributed by atoms with Gasteiger partial charge in [0.15, 0.2) is 0 Å². The van der Waals surface area contributed by atoms with Crippen LogP contribution < -0.4 is 4.72 Å². The molecule has 0 saturated heterocycles. The molecule has 1 fully saturated rings. The number of hydrogen-bond acceptors (Lipinski definition) is 2. The van der Waals surface area contributed by atoms with Gasteiger partial charge in [0.25, 0.3) is 0 Å². The van der Waals surface area contributed by atoms with E-state index in [1.165, 1.54) is 0 Å². The molecule has 1 N–H and O–H groups in total. The topological polar surface area (TPSA) is 46.2 Å². The highest BCUT2D eigenvalue weighted by Gasteiger charge is 2.27. The Morgan fingerprint density at radius 3 is 2.42 bits per heavy atom. The maximum atomic E-state index is 12.2. The monoisotopic (exact) mass is 301 g/mol. The smallest absolute Gasteiger partial charge is 0.213 e. The van der Waals surface area contributed by atoms with E-state index in [1.54, 1.807) is 0 Å². The number of rotatable bonds is 5. The van der Waals surface area contributed by atoms with Crippen LogP contribution in [0.4, 0.5) is 0 Å². The molecule has 0 aromatic heterocycles. The molecule has 1 aromatic carbocycles. The quantitative estimate of drug-likeness (QED) is 0.849. The summed E-state index contributed by atoms with van der Waals surface area (Å²) in [6.45, 7) is 0.254. The summed E-state index contributed by atoms with van der Waals surface area (Å²) >= 11 is 6.22. The van der Waals surface area contributed by atoms with E-state index in [0.717, 1.165) is 37.7 Å². The molecule has 0 amide bonds. The Balaban J connectivity index is 1.90. The number of halogens is 1. The Morgan fingerprint density at radius 1 is 1.16 bits per heavy atom. The lowest BCUT2D eigenvalue weighted by Crippen LogP contribution is -2.37. The molecule has 106 valence electrons. The lowest BCUT2D eigenvalue weighted by atomic mass is 10.0. The van der Waals surface area contributed by atoms with Crippen molar-refractivity contribution in [3.05, 3.63) is 35.9 Å². The fraction of sp³-hybridized carbons (Fsp3) is 0.571. The third-order valence-electron chi connectivity index (χ3n) is 3.62. The Kier molecular flexibility index (Phi) is 5.25. The lowest BCUT2D eigenvalue weighted by Gasteiger charge is -2.22. The first-order chi connectivity index (χ1) is 9.09. The molecule has 0 radical (unpaired) electrons. The van der Waals surface area contributed by atoms with Gasteiger partial charge in [0, 0.05) is 6.54 Å². The van der Waals surface area contributed by atoms with E-state index in [0.29, 0.717) is 0 Å². The zero-order valence-electron chi connectivity index (χ0n) is 10.9. The van der Waals surface area contributed by atoms with Crippen molar-refractivity contribution in [3.63, 3.8) is 0 Å². The fourth-order valence-corrected chi connectivity index (χ4v) is 4.37. The highest BCUT2D eigenvalue weighted by molar-refractivity contribution is 7.90. The van der Waals surface area contributed by atoms with Gasteiger partial charge in [0.1, 0.15) is 0 Å². The molecule has 5 heteroatoms. The molecular weight excluding hydrogens is 282 g/mol.